The Labute approximate surface area is 181 Å². The van der Waals surface area contributed by atoms with Crippen molar-refractivity contribution in [2.24, 2.45) is 0 Å². The minimum Gasteiger partial charge on any atom is -0.465 e. The summed E-state index contributed by atoms with van der Waals surface area (Å²) in [6.07, 6.45) is 0. The van der Waals surface area contributed by atoms with E-state index in [9.17, 15) is 18.4 Å². The lowest BCUT2D eigenvalue weighted by Crippen LogP contribution is -2.26. The van der Waals surface area contributed by atoms with Gasteiger partial charge in [0.2, 0.25) is 5.43 Å². The van der Waals surface area contributed by atoms with Crippen LogP contribution in [0.4, 0.5) is 8.78 Å². The average molecular weight is 452 g/mol. The van der Waals surface area contributed by atoms with Gasteiger partial charge in [-0.1, -0.05) is 29.3 Å². The molecule has 0 amide bonds. The first-order chi connectivity index (χ1) is 14.2. The van der Waals surface area contributed by atoms with Gasteiger partial charge in [-0.25, -0.2) is 13.6 Å². The number of pyridine rings is 1. The average Bonchev–Trinajstić information content (AvgIpc) is 2.70. The number of esters is 1. The van der Waals surface area contributed by atoms with Crippen LogP contribution < -0.4 is 5.43 Å². The molecule has 0 saturated heterocycles. The molecule has 0 atom stereocenters. The number of hydrogen-bond acceptors (Lipinski definition) is 3. The van der Waals surface area contributed by atoms with E-state index in [-0.39, 0.29) is 38.0 Å². The normalized spacial score (nSPS) is 10.9. The summed E-state index contributed by atoms with van der Waals surface area (Å²) in [5.74, 6) is -2.32. The minimum atomic E-state index is -0.914. The van der Waals surface area contributed by atoms with Gasteiger partial charge in [0.15, 0.2) is 0 Å². The quantitative estimate of drug-likeness (QED) is 0.465. The maximum Gasteiger partial charge on any atom is 0.344 e. The van der Waals surface area contributed by atoms with E-state index in [1.807, 2.05) is 0 Å². The number of halogens is 4. The van der Waals surface area contributed by atoms with Crippen LogP contribution in [-0.2, 0) is 11.3 Å². The SMILES string of the molecule is CCn1c(C)c(-c2ccc(Cl)cc2F)c(=O)c(C(=O)OC)c1-c1ccc(Cl)c(F)c1. The molecular weight excluding hydrogens is 435 g/mol. The molecule has 0 aliphatic rings. The minimum absolute atomic E-state index is 0.00286. The van der Waals surface area contributed by atoms with E-state index in [1.54, 1.807) is 18.4 Å². The van der Waals surface area contributed by atoms with Crippen molar-refractivity contribution in [3.05, 3.63) is 79.6 Å². The van der Waals surface area contributed by atoms with E-state index in [0.29, 0.717) is 12.2 Å². The first-order valence-corrected chi connectivity index (χ1v) is 9.73. The fourth-order valence-corrected chi connectivity index (χ4v) is 3.75. The molecule has 4 nitrogen and oxygen atoms in total. The van der Waals surface area contributed by atoms with Gasteiger partial charge >= 0.3 is 5.97 Å². The van der Waals surface area contributed by atoms with E-state index >= 15 is 0 Å². The van der Waals surface area contributed by atoms with Crippen LogP contribution in [0.15, 0.2) is 41.2 Å². The summed E-state index contributed by atoms with van der Waals surface area (Å²) in [5.41, 5.74) is -0.205. The Kier molecular flexibility index (Phi) is 6.29. The van der Waals surface area contributed by atoms with Gasteiger partial charge in [-0.15, -0.1) is 0 Å². The summed E-state index contributed by atoms with van der Waals surface area (Å²) in [5, 5.41) is 0.0755. The second-order valence-corrected chi connectivity index (χ2v) is 7.35. The van der Waals surface area contributed by atoms with Crippen LogP contribution in [0.1, 0.15) is 23.0 Å². The molecule has 8 heteroatoms. The molecule has 0 bridgehead atoms. The van der Waals surface area contributed by atoms with Crippen LogP contribution in [0, 0.1) is 18.6 Å². The third-order valence-corrected chi connectivity index (χ3v) is 5.37. The molecule has 0 aliphatic carbocycles. The summed E-state index contributed by atoms with van der Waals surface area (Å²) >= 11 is 11.6. The van der Waals surface area contributed by atoms with Gasteiger partial charge in [-0.3, -0.25) is 4.79 Å². The monoisotopic (exact) mass is 451 g/mol. The van der Waals surface area contributed by atoms with Crippen molar-refractivity contribution in [3.8, 4) is 22.4 Å². The first-order valence-electron chi connectivity index (χ1n) is 8.97. The topological polar surface area (TPSA) is 48.3 Å². The number of rotatable bonds is 4. The van der Waals surface area contributed by atoms with Crippen molar-refractivity contribution in [2.75, 3.05) is 7.11 Å². The Balaban J connectivity index is 2.49. The fraction of sp³-hybridized carbons (Fsp3) is 0.182. The third kappa shape index (κ3) is 3.73. The number of aromatic nitrogens is 1. The fourth-order valence-electron chi connectivity index (χ4n) is 3.47. The number of benzene rings is 2. The molecule has 30 heavy (non-hydrogen) atoms. The van der Waals surface area contributed by atoms with Crippen molar-refractivity contribution in [1.29, 1.82) is 0 Å². The van der Waals surface area contributed by atoms with Gasteiger partial charge in [0.1, 0.15) is 17.2 Å². The molecule has 1 heterocycles. The Bertz CT molecular complexity index is 1220. The highest BCUT2D eigenvalue weighted by Crippen LogP contribution is 2.32. The van der Waals surface area contributed by atoms with E-state index in [4.69, 9.17) is 27.9 Å². The zero-order chi connectivity index (χ0) is 22.2. The van der Waals surface area contributed by atoms with Crippen LogP contribution in [0.3, 0.4) is 0 Å². The molecule has 0 saturated carbocycles. The van der Waals surface area contributed by atoms with Crippen molar-refractivity contribution in [2.45, 2.75) is 20.4 Å². The Morgan fingerprint density at radius 2 is 1.80 bits per heavy atom. The first kappa shape index (κ1) is 22.0. The summed E-state index contributed by atoms with van der Waals surface area (Å²) in [4.78, 5) is 26.0. The number of nitrogens with zero attached hydrogens (tertiary/aromatic N) is 1. The van der Waals surface area contributed by atoms with Crippen LogP contribution in [0.5, 0.6) is 0 Å². The Morgan fingerprint density at radius 1 is 1.10 bits per heavy atom. The number of methoxy groups -OCH3 is 1. The Morgan fingerprint density at radius 3 is 2.37 bits per heavy atom. The number of ether oxygens (including phenoxy) is 1. The van der Waals surface area contributed by atoms with E-state index in [2.05, 4.69) is 0 Å². The van der Waals surface area contributed by atoms with Gasteiger partial charge < -0.3 is 9.30 Å². The second-order valence-electron chi connectivity index (χ2n) is 6.50. The summed E-state index contributed by atoms with van der Waals surface area (Å²) in [6, 6.07) is 7.89. The highest BCUT2D eigenvalue weighted by atomic mass is 35.5. The number of hydrogen-bond donors (Lipinski definition) is 0. The third-order valence-electron chi connectivity index (χ3n) is 4.83. The lowest BCUT2D eigenvalue weighted by atomic mass is 9.96. The zero-order valence-electron chi connectivity index (χ0n) is 16.4. The van der Waals surface area contributed by atoms with Crippen LogP contribution in [-0.4, -0.2) is 17.6 Å². The molecule has 0 aliphatic heterocycles. The van der Waals surface area contributed by atoms with Gasteiger partial charge in [0.25, 0.3) is 0 Å². The smallest absolute Gasteiger partial charge is 0.344 e. The van der Waals surface area contributed by atoms with Crippen molar-refractivity contribution in [3.63, 3.8) is 0 Å². The molecular formula is C22H17Cl2F2NO3. The molecule has 0 unspecified atom stereocenters. The summed E-state index contributed by atoms with van der Waals surface area (Å²) < 4.78 is 35.3. The second kappa shape index (κ2) is 8.58. The molecule has 0 fully saturated rings. The van der Waals surface area contributed by atoms with Gasteiger partial charge in [0.05, 0.1) is 23.4 Å². The lowest BCUT2D eigenvalue weighted by molar-refractivity contribution is 0.0599. The summed E-state index contributed by atoms with van der Waals surface area (Å²) in [7, 11) is 1.13. The number of carbonyl (C=O) groups is 1. The van der Waals surface area contributed by atoms with E-state index < -0.39 is 23.0 Å². The molecule has 0 spiro atoms. The van der Waals surface area contributed by atoms with Gasteiger partial charge in [-0.2, -0.15) is 0 Å². The lowest BCUT2D eigenvalue weighted by Gasteiger charge is -2.22. The van der Waals surface area contributed by atoms with Gasteiger partial charge in [-0.05, 0) is 44.2 Å². The molecule has 3 aromatic rings. The predicted octanol–water partition coefficient (Wildman–Crippen LogP) is 5.88. The Hall–Kier alpha value is -2.70. The zero-order valence-corrected chi connectivity index (χ0v) is 17.9. The molecule has 3 rings (SSSR count). The van der Waals surface area contributed by atoms with Crippen molar-refractivity contribution < 1.29 is 18.3 Å². The van der Waals surface area contributed by atoms with Gasteiger partial charge in [0, 0.05) is 28.4 Å². The largest absolute Gasteiger partial charge is 0.465 e. The van der Waals surface area contributed by atoms with Crippen molar-refractivity contribution in [1.82, 2.24) is 4.57 Å². The molecule has 156 valence electrons. The van der Waals surface area contributed by atoms with Crippen LogP contribution in [0.2, 0.25) is 10.0 Å². The maximum atomic E-state index is 14.7. The molecule has 1 aromatic heterocycles. The molecule has 0 N–H and O–H groups in total. The maximum absolute atomic E-state index is 14.7. The van der Waals surface area contributed by atoms with Crippen molar-refractivity contribution >= 4 is 29.2 Å². The predicted molar refractivity (Wildman–Crippen MR) is 113 cm³/mol. The number of carbonyl (C=O) groups excluding carboxylic acids is 1. The standard InChI is InChI=1S/C22H17Cl2F2NO3/c1-4-27-11(2)18(14-7-6-13(23)10-16(14)25)21(28)19(22(29)30-3)20(27)12-5-8-15(24)17(26)9-12/h5-10H,4H2,1-3H3. The van der Waals surface area contributed by atoms with E-state index in [0.717, 1.165) is 19.2 Å². The van der Waals surface area contributed by atoms with Crippen LogP contribution >= 0.6 is 23.2 Å². The highest BCUT2D eigenvalue weighted by molar-refractivity contribution is 6.31. The summed E-state index contributed by atoms with van der Waals surface area (Å²) in [6.45, 7) is 3.74. The molecule has 0 radical (unpaired) electrons. The highest BCUT2D eigenvalue weighted by Gasteiger charge is 2.27. The van der Waals surface area contributed by atoms with Crippen LogP contribution in [0.25, 0.3) is 22.4 Å². The van der Waals surface area contributed by atoms with E-state index in [1.165, 1.54) is 24.3 Å². The molecule has 2 aromatic carbocycles.